The second-order valence-electron chi connectivity index (χ2n) is 7.37. The molecule has 3 aromatic rings. The number of piperazine rings is 1. The van der Waals surface area contributed by atoms with Crippen LogP contribution in [0.2, 0.25) is 0 Å². The molecule has 2 aromatic heterocycles. The van der Waals surface area contributed by atoms with Crippen LogP contribution in [0.15, 0.2) is 24.3 Å². The first-order valence-electron chi connectivity index (χ1n) is 10.0. The fraction of sp³-hybridized carbons (Fsp3) is 0.381. The molecule has 1 aromatic carbocycles. The number of carbonyl (C=O) groups is 1. The SMILES string of the molecule is COCc1nc(OC)c2c(C)c(C(=O)N3CCN(c4ccc([N+](=O)[O-])cc4)CC3)sc2n1. The molecule has 3 heterocycles. The third kappa shape index (κ3) is 4.08. The summed E-state index contributed by atoms with van der Waals surface area (Å²) < 4.78 is 10.6. The molecule has 0 bridgehead atoms. The Bertz CT molecular complexity index is 1160. The fourth-order valence-corrected chi connectivity index (χ4v) is 4.94. The number of fused-ring (bicyclic) bond motifs is 1. The number of hydrogen-bond donors (Lipinski definition) is 0. The smallest absolute Gasteiger partial charge is 0.269 e. The number of ether oxygens (including phenoxy) is 2. The van der Waals surface area contributed by atoms with Crippen molar-refractivity contribution in [1.29, 1.82) is 0 Å². The molecular formula is C21H23N5O5S. The van der Waals surface area contributed by atoms with E-state index in [1.807, 2.05) is 11.8 Å². The van der Waals surface area contributed by atoms with Crippen LogP contribution < -0.4 is 9.64 Å². The van der Waals surface area contributed by atoms with Crippen LogP contribution in [-0.2, 0) is 11.3 Å². The summed E-state index contributed by atoms with van der Waals surface area (Å²) in [4.78, 5) is 37.9. The third-order valence-electron chi connectivity index (χ3n) is 5.46. The van der Waals surface area contributed by atoms with E-state index in [1.54, 1.807) is 26.4 Å². The Morgan fingerprint density at radius 2 is 1.84 bits per heavy atom. The molecule has 0 N–H and O–H groups in total. The molecule has 0 unspecified atom stereocenters. The summed E-state index contributed by atoms with van der Waals surface area (Å²) in [5, 5.41) is 11.6. The number of nitrogens with zero attached hydrogens (tertiary/aromatic N) is 5. The van der Waals surface area contributed by atoms with Gasteiger partial charge in [-0.05, 0) is 24.6 Å². The van der Waals surface area contributed by atoms with Crippen molar-refractivity contribution in [2.24, 2.45) is 0 Å². The van der Waals surface area contributed by atoms with Crippen LogP contribution >= 0.6 is 11.3 Å². The van der Waals surface area contributed by atoms with Gasteiger partial charge in [-0.15, -0.1) is 11.3 Å². The zero-order valence-corrected chi connectivity index (χ0v) is 18.8. The predicted octanol–water partition coefficient (Wildman–Crippen LogP) is 3.03. The van der Waals surface area contributed by atoms with Gasteiger partial charge in [0.25, 0.3) is 11.6 Å². The summed E-state index contributed by atoms with van der Waals surface area (Å²) in [6, 6.07) is 6.49. The molecule has 10 nitrogen and oxygen atoms in total. The van der Waals surface area contributed by atoms with E-state index in [-0.39, 0.29) is 18.2 Å². The molecule has 0 radical (unpaired) electrons. The van der Waals surface area contributed by atoms with Crippen molar-refractivity contribution in [3.05, 3.63) is 50.6 Å². The van der Waals surface area contributed by atoms with Gasteiger partial charge in [-0.25, -0.2) is 4.98 Å². The summed E-state index contributed by atoms with van der Waals surface area (Å²) in [7, 11) is 3.12. The maximum Gasteiger partial charge on any atom is 0.269 e. The average Bonchev–Trinajstić information content (AvgIpc) is 3.14. The van der Waals surface area contributed by atoms with Crippen LogP contribution in [0.1, 0.15) is 21.1 Å². The highest BCUT2D eigenvalue weighted by Crippen LogP contribution is 2.36. The lowest BCUT2D eigenvalue weighted by Crippen LogP contribution is -2.48. The molecule has 1 saturated heterocycles. The monoisotopic (exact) mass is 457 g/mol. The molecule has 1 amide bonds. The lowest BCUT2D eigenvalue weighted by molar-refractivity contribution is -0.384. The lowest BCUT2D eigenvalue weighted by atomic mass is 10.1. The third-order valence-corrected chi connectivity index (χ3v) is 6.63. The highest BCUT2D eigenvalue weighted by molar-refractivity contribution is 7.20. The minimum Gasteiger partial charge on any atom is -0.480 e. The van der Waals surface area contributed by atoms with E-state index in [4.69, 9.17) is 9.47 Å². The minimum absolute atomic E-state index is 0.0378. The lowest BCUT2D eigenvalue weighted by Gasteiger charge is -2.36. The summed E-state index contributed by atoms with van der Waals surface area (Å²) in [6.07, 6.45) is 0. The number of hydrogen-bond acceptors (Lipinski definition) is 9. The van der Waals surface area contributed by atoms with E-state index >= 15 is 0 Å². The highest BCUT2D eigenvalue weighted by atomic mass is 32.1. The van der Waals surface area contributed by atoms with Gasteiger partial charge in [-0.2, -0.15) is 4.98 Å². The van der Waals surface area contributed by atoms with Crippen molar-refractivity contribution < 1.29 is 19.2 Å². The van der Waals surface area contributed by atoms with Crippen molar-refractivity contribution in [2.75, 3.05) is 45.3 Å². The zero-order valence-electron chi connectivity index (χ0n) is 18.0. The molecule has 4 rings (SSSR count). The zero-order chi connectivity index (χ0) is 22.8. The van der Waals surface area contributed by atoms with Gasteiger partial charge in [0.15, 0.2) is 5.82 Å². The second-order valence-corrected chi connectivity index (χ2v) is 8.37. The van der Waals surface area contributed by atoms with Gasteiger partial charge in [0.05, 0.1) is 22.3 Å². The van der Waals surface area contributed by atoms with Crippen molar-refractivity contribution >= 4 is 38.8 Å². The second kappa shape index (κ2) is 9.05. The number of carbonyl (C=O) groups excluding carboxylic acids is 1. The normalized spacial score (nSPS) is 14.1. The number of thiophene rings is 1. The first-order chi connectivity index (χ1) is 15.4. The molecule has 1 aliphatic rings. The fourth-order valence-electron chi connectivity index (χ4n) is 3.79. The minimum atomic E-state index is -0.411. The number of rotatable bonds is 6. The van der Waals surface area contributed by atoms with E-state index in [2.05, 4.69) is 14.9 Å². The largest absolute Gasteiger partial charge is 0.480 e. The summed E-state index contributed by atoms with van der Waals surface area (Å²) >= 11 is 1.34. The van der Waals surface area contributed by atoms with Gasteiger partial charge in [-0.3, -0.25) is 14.9 Å². The molecule has 32 heavy (non-hydrogen) atoms. The molecule has 0 atom stereocenters. The first kappa shape index (κ1) is 21.9. The van der Waals surface area contributed by atoms with Gasteiger partial charge in [-0.1, -0.05) is 0 Å². The topological polar surface area (TPSA) is 111 Å². The van der Waals surface area contributed by atoms with Crippen LogP contribution in [0.3, 0.4) is 0 Å². The van der Waals surface area contributed by atoms with Gasteiger partial charge in [0, 0.05) is 51.1 Å². The Labute approximate surface area is 188 Å². The molecule has 168 valence electrons. The standard InChI is InChI=1S/C21H23N5O5S/c1-13-17-19(31-3)22-16(12-30-2)23-20(17)32-18(13)21(27)25-10-8-24(9-11-25)14-4-6-15(7-5-14)26(28)29/h4-7H,8-12H2,1-3H3. The number of aromatic nitrogens is 2. The number of anilines is 1. The Balaban J connectivity index is 1.51. The number of nitro groups is 1. The summed E-state index contributed by atoms with van der Waals surface area (Å²) in [5.74, 6) is 0.913. The Morgan fingerprint density at radius 1 is 1.16 bits per heavy atom. The van der Waals surface area contributed by atoms with Gasteiger partial charge < -0.3 is 19.3 Å². The maximum absolute atomic E-state index is 13.3. The van der Waals surface area contributed by atoms with Gasteiger partial charge >= 0.3 is 0 Å². The van der Waals surface area contributed by atoms with Crippen molar-refractivity contribution in [3.8, 4) is 5.88 Å². The number of nitro benzene ring substituents is 1. The summed E-state index contributed by atoms with van der Waals surface area (Å²) in [5.41, 5.74) is 1.79. The Hall–Kier alpha value is -3.31. The van der Waals surface area contributed by atoms with Crippen molar-refractivity contribution in [3.63, 3.8) is 0 Å². The summed E-state index contributed by atoms with van der Waals surface area (Å²) in [6.45, 7) is 4.56. The number of amides is 1. The highest BCUT2D eigenvalue weighted by Gasteiger charge is 2.27. The van der Waals surface area contributed by atoms with Crippen LogP contribution in [0, 0.1) is 17.0 Å². The Kier molecular flexibility index (Phi) is 6.19. The van der Waals surface area contributed by atoms with E-state index in [9.17, 15) is 14.9 Å². The number of aryl methyl sites for hydroxylation is 1. The quantitative estimate of drug-likeness (QED) is 0.410. The van der Waals surface area contributed by atoms with Crippen LogP contribution in [-0.4, -0.2) is 66.1 Å². The molecule has 0 saturated carbocycles. The molecule has 11 heteroatoms. The van der Waals surface area contributed by atoms with Crippen LogP contribution in [0.5, 0.6) is 5.88 Å². The van der Waals surface area contributed by atoms with Crippen LogP contribution in [0.25, 0.3) is 10.2 Å². The predicted molar refractivity (Wildman–Crippen MR) is 121 cm³/mol. The molecule has 1 fully saturated rings. The number of non-ortho nitro benzene ring substituents is 1. The van der Waals surface area contributed by atoms with Crippen molar-refractivity contribution in [1.82, 2.24) is 14.9 Å². The van der Waals surface area contributed by atoms with E-state index in [0.29, 0.717) is 47.6 Å². The number of methoxy groups -OCH3 is 2. The average molecular weight is 458 g/mol. The van der Waals surface area contributed by atoms with E-state index < -0.39 is 4.92 Å². The molecule has 1 aliphatic heterocycles. The van der Waals surface area contributed by atoms with Crippen molar-refractivity contribution in [2.45, 2.75) is 13.5 Å². The molecule has 0 spiro atoms. The van der Waals surface area contributed by atoms with Gasteiger partial charge in [0.2, 0.25) is 5.88 Å². The first-order valence-corrected chi connectivity index (χ1v) is 10.9. The molecular weight excluding hydrogens is 434 g/mol. The molecule has 0 aliphatic carbocycles. The number of benzene rings is 1. The van der Waals surface area contributed by atoms with E-state index in [1.165, 1.54) is 23.5 Å². The van der Waals surface area contributed by atoms with E-state index in [0.717, 1.165) is 16.6 Å². The Morgan fingerprint density at radius 3 is 2.44 bits per heavy atom. The maximum atomic E-state index is 13.3. The van der Waals surface area contributed by atoms with Gasteiger partial charge in [0.1, 0.15) is 11.4 Å². The van der Waals surface area contributed by atoms with Crippen LogP contribution in [0.4, 0.5) is 11.4 Å².